The van der Waals surface area contributed by atoms with Crippen LogP contribution in [0.3, 0.4) is 0 Å². The molecule has 0 amide bonds. The lowest BCUT2D eigenvalue weighted by molar-refractivity contribution is 0.662. The van der Waals surface area contributed by atoms with E-state index in [1.165, 1.54) is 0 Å². The summed E-state index contributed by atoms with van der Waals surface area (Å²) in [7, 11) is 0. The van der Waals surface area contributed by atoms with Gasteiger partial charge in [-0.25, -0.2) is 0 Å². The molecular formula is C88H60O2. The van der Waals surface area contributed by atoms with Crippen molar-refractivity contribution in [3.05, 3.63) is 312 Å². The molecule has 424 valence electrons. The monoisotopic (exact) mass is 1210 g/mol. The van der Waals surface area contributed by atoms with Crippen LogP contribution in [0.4, 0.5) is 0 Å². The van der Waals surface area contributed by atoms with Crippen LogP contribution in [0.2, 0.25) is 0 Å². The van der Waals surface area contributed by atoms with Gasteiger partial charge in [-0.3, -0.25) is 0 Å². The summed E-state index contributed by atoms with van der Waals surface area (Å²) in [5.41, 5.74) is -27.4. The van der Waals surface area contributed by atoms with Gasteiger partial charge < -0.3 is 8.83 Å². The number of benzene rings is 15. The summed E-state index contributed by atoms with van der Waals surface area (Å²) in [6.07, 6.45) is 0. The van der Waals surface area contributed by atoms with Crippen LogP contribution in [0.25, 0.3) is 165 Å². The number of hydrogen-bond acceptors (Lipinski definition) is 2. The summed E-state index contributed by atoms with van der Waals surface area (Å²) < 4.78 is 554. The predicted molar refractivity (Wildman–Crippen MR) is 380 cm³/mol. The molecule has 0 saturated carbocycles. The van der Waals surface area contributed by atoms with Crippen LogP contribution in [0, 0.1) is 0 Å². The van der Waals surface area contributed by atoms with Crippen LogP contribution in [0.15, 0.2) is 299 Å². The highest BCUT2D eigenvalue weighted by molar-refractivity contribution is 6.28. The van der Waals surface area contributed by atoms with E-state index >= 15 is 0 Å². The Bertz CT molecular complexity index is 9110. The van der Waals surface area contributed by atoms with E-state index in [9.17, 15) is 23.3 Å². The van der Waals surface area contributed by atoms with Crippen molar-refractivity contribution in [2.45, 2.75) is 38.2 Å². The normalized spacial score (nSPS) is 23.5. The summed E-state index contributed by atoms with van der Waals surface area (Å²) in [6.45, 7) is -15.9. The molecule has 2 aromatic heterocycles. The Hall–Kier alpha value is -11.1. The van der Waals surface area contributed by atoms with E-state index in [0.717, 1.165) is 0 Å². The van der Waals surface area contributed by atoms with E-state index in [1.54, 1.807) is 0 Å². The summed E-state index contributed by atoms with van der Waals surface area (Å²) in [5, 5.41) is -8.97. The first kappa shape index (κ1) is 19.7. The Morgan fingerprint density at radius 2 is 0.522 bits per heavy atom. The molecule has 0 aliphatic heterocycles. The van der Waals surface area contributed by atoms with Crippen LogP contribution < -0.4 is 0 Å². The summed E-state index contributed by atoms with van der Waals surface area (Å²) in [4.78, 5) is 0. The summed E-state index contributed by atoms with van der Waals surface area (Å²) in [6, 6.07) is -50.7. The maximum Gasteiger partial charge on any atom is 0.136 e. The Morgan fingerprint density at radius 1 is 0.233 bits per heavy atom. The van der Waals surface area contributed by atoms with Crippen molar-refractivity contribution >= 4 is 87.0 Å². The first-order valence-electron chi connectivity index (χ1n) is 56.6. The predicted octanol–water partition coefficient (Wildman–Crippen LogP) is 24.7. The molecule has 2 aliphatic carbocycles. The molecule has 2 heteroatoms. The van der Waals surface area contributed by atoms with Gasteiger partial charge in [0.1, 0.15) is 22.3 Å². The van der Waals surface area contributed by atoms with Crippen molar-refractivity contribution in [2.24, 2.45) is 0 Å². The number of rotatable bonds is 5. The fraction of sp³-hybridized carbons (Fsp3) is 0.0682. The van der Waals surface area contributed by atoms with Gasteiger partial charge in [0.15, 0.2) is 0 Å². The number of hydrogen-bond donors (Lipinski definition) is 0. The van der Waals surface area contributed by atoms with Crippen LogP contribution in [-0.4, -0.2) is 0 Å². The Morgan fingerprint density at radius 3 is 0.956 bits per heavy atom. The third-order valence-corrected chi connectivity index (χ3v) is 15.6. The third-order valence-electron chi connectivity index (χ3n) is 15.6. The van der Waals surface area contributed by atoms with Crippen LogP contribution in [-0.2, 0) is 10.8 Å². The second-order valence-corrected chi connectivity index (χ2v) is 20.3. The Kier molecular flexibility index (Phi) is 4.32. The molecular weight excluding hydrogens is 1090 g/mol. The van der Waals surface area contributed by atoms with E-state index < -0.39 is 515 Å². The van der Waals surface area contributed by atoms with Gasteiger partial charge in [-0.05, 0) is 167 Å². The zero-order valence-corrected chi connectivity index (χ0v) is 44.8. The fourth-order valence-electron chi connectivity index (χ4n) is 12.0. The molecule has 0 saturated heterocycles. The highest BCUT2D eigenvalue weighted by Gasteiger charge is 2.39. The topological polar surface area (TPSA) is 26.3 Å². The van der Waals surface area contributed by atoms with Crippen molar-refractivity contribution in [1.82, 2.24) is 0 Å². The average molecular weight is 1210 g/mol. The number of furan rings is 2. The van der Waals surface area contributed by atoms with Gasteiger partial charge in [0.2, 0.25) is 0 Å². The van der Waals surface area contributed by atoms with Crippen molar-refractivity contribution in [3.8, 4) is 77.9 Å². The number of fused-ring (bicyclic) bond motifs is 16. The van der Waals surface area contributed by atoms with E-state index in [0.29, 0.717) is 0 Å². The van der Waals surface area contributed by atoms with Crippen LogP contribution in [0.5, 0.6) is 0 Å². The summed E-state index contributed by atoms with van der Waals surface area (Å²) in [5.74, 6) is 0. The minimum absolute atomic E-state index is 0.526. The molecule has 2 nitrogen and oxygen atoms in total. The first-order chi connectivity index (χ1) is 69.2. The average Bonchev–Trinajstić information content (AvgIpc) is 1.50. The zero-order valence-electron chi connectivity index (χ0n) is 105. The molecule has 0 fully saturated rings. The number of para-hydroxylation sites is 2. The fourth-order valence-corrected chi connectivity index (χ4v) is 12.0. The molecule has 0 spiro atoms. The molecule has 2 heterocycles. The highest BCUT2D eigenvalue weighted by atomic mass is 16.3. The lowest BCUT2D eigenvalue weighted by atomic mass is 9.76. The van der Waals surface area contributed by atoms with E-state index in [2.05, 4.69) is 0 Å². The molecule has 0 radical (unpaired) electrons. The highest BCUT2D eigenvalue weighted by Crippen LogP contribution is 2.57. The quantitative estimate of drug-likeness (QED) is 0.161. The lowest BCUT2D eigenvalue weighted by Gasteiger charge is -2.26. The van der Waals surface area contributed by atoms with E-state index in [-0.39, 0.29) is 0 Å². The smallest absolute Gasteiger partial charge is 0.136 e. The molecule has 0 atom stereocenters. The molecule has 0 bridgehead atoms. The van der Waals surface area contributed by atoms with Gasteiger partial charge in [-0.15, -0.1) is 0 Å². The van der Waals surface area contributed by atoms with Gasteiger partial charge in [-0.2, -0.15) is 0 Å². The first-order valence-corrected chi connectivity index (χ1v) is 26.6. The van der Waals surface area contributed by atoms with Gasteiger partial charge in [0.05, 0.1) is 65.8 Å². The van der Waals surface area contributed by atoms with E-state index in [1.807, 2.05) is 0 Å². The molecule has 17 aromatic rings. The maximum absolute atomic E-state index is 9.76. The molecule has 15 aromatic carbocycles. The van der Waals surface area contributed by atoms with E-state index in [4.69, 9.17) is 67.8 Å². The van der Waals surface area contributed by atoms with Crippen molar-refractivity contribution < 1.29 is 91.1 Å². The second-order valence-electron chi connectivity index (χ2n) is 20.3. The molecule has 90 heavy (non-hydrogen) atoms. The van der Waals surface area contributed by atoms with Crippen molar-refractivity contribution in [1.29, 1.82) is 0 Å². The Labute approximate surface area is 606 Å². The maximum atomic E-state index is 9.76. The standard InChI is InChI=1S/C47H32O.C41H28O/c1-47(2)40-22-9-7-13-32(40)37-20-11-19-31(46(37)47)29-25-27-30(28-26-29)43-33-14-3-5-16-35(33)44(36-17-6-4-15-34(36)43)39-21-12-24-42-45(39)38-18-8-10-23-41(38)48-42;1-41(2)34-22-9-7-13-25(34)30-19-11-21-33(40(30)41)38-28-16-5-3-14-26(28)37(27-15-4-6-17-29(27)38)32-20-12-24-36-39(32)31-18-8-10-23-35(31)42-36/h3-28H,1-2H3;3-24H,1-2H3/i1D3,2D3,3D,4D,5D,6D,7D,8D,9D,10D,11D,12D,13D,14D,15D,16D,17D,18D,19D,20D,21D,22D,23D,24D,25D,26D,27D,28D;1D3,2D3,3D,4D,5D,6D,7D,8D,9D,10D,11D,12D,13D,14D,15D,16D,17D,18D,19D,20D,21D,22D,23D,24D. The van der Waals surface area contributed by atoms with Crippen molar-refractivity contribution in [3.63, 3.8) is 0 Å². The molecule has 0 unspecified atom stereocenters. The Balaban J connectivity index is 0.000000197. The molecule has 0 N–H and O–H groups in total. The van der Waals surface area contributed by atoms with Gasteiger partial charge in [-0.1, -0.05) is 293 Å². The van der Waals surface area contributed by atoms with Gasteiger partial charge >= 0.3 is 0 Å². The van der Waals surface area contributed by atoms with Crippen molar-refractivity contribution in [2.75, 3.05) is 0 Å². The molecule has 2 aliphatic rings. The molecule has 19 rings (SSSR count). The summed E-state index contributed by atoms with van der Waals surface area (Å²) >= 11 is 0. The largest absolute Gasteiger partial charge is 0.456 e. The van der Waals surface area contributed by atoms with Crippen LogP contribution >= 0.6 is 0 Å². The van der Waals surface area contributed by atoms with Gasteiger partial charge in [0, 0.05) is 48.8 Å². The van der Waals surface area contributed by atoms with Crippen LogP contribution in [0.1, 0.15) is 132 Å². The lowest BCUT2D eigenvalue weighted by Crippen LogP contribution is -2.16. The minimum atomic E-state index is -3.98. The SMILES string of the molecule is [2H]c1c([2H])c([2H])c2c(c1[2H])-c1c([2H])c([2H])c([2H])c(-c3c([2H])c([2H])c(-c4c5c([2H])c([2H])c([2H])c([2H])c5c(-c5c([2H])c([2H])c([2H])c6oc7c([2H])c([2H])c([2H])c([2H])c7c56)c5c([2H])c([2H])c([2H])c([2H])c45)c([2H])c3[2H])c1C2(C([2H])([2H])[2H])C([2H])([2H])[2H].[2H]c1c([2H])c([2H])c2c(c1[2H])-c1c([2H])c([2H])c([2H])c(-c3c4c([2H])c([2H])c([2H])c([2H])c4c(-c4c([2H])c([2H])c([2H])c5oc6c([2H])c([2H])c([2H])c([2H])c6c45)c4c([2H])c([2H])c([2H])c([2H])c34)c1C2(C([2H])([2H])[2H])C([2H])([2H])[2H]. The van der Waals surface area contributed by atoms with Gasteiger partial charge in [0.25, 0.3) is 0 Å². The second kappa shape index (κ2) is 19.7. The minimum Gasteiger partial charge on any atom is -0.456 e. The third kappa shape index (κ3) is 7.52. The zero-order chi connectivity index (χ0) is 112.